The smallest absolute Gasteiger partial charge is 0.257 e. The van der Waals surface area contributed by atoms with Crippen molar-refractivity contribution in [1.82, 2.24) is 19.0 Å². The topological polar surface area (TPSA) is 112 Å². The fraction of sp³-hybridized carbons (Fsp3) is 0.667. The molecule has 0 saturated carbocycles. The van der Waals surface area contributed by atoms with Crippen molar-refractivity contribution in [2.24, 2.45) is 0 Å². The van der Waals surface area contributed by atoms with E-state index in [0.29, 0.717) is 25.9 Å². The van der Waals surface area contributed by atoms with Gasteiger partial charge in [0, 0.05) is 19.1 Å². The Kier molecular flexibility index (Phi) is 3.95. The second kappa shape index (κ2) is 5.19. The van der Waals surface area contributed by atoms with Gasteiger partial charge >= 0.3 is 0 Å². The van der Waals surface area contributed by atoms with E-state index in [9.17, 15) is 16.8 Å². The second-order valence-corrected chi connectivity index (χ2v) is 8.14. The van der Waals surface area contributed by atoms with Crippen LogP contribution in [0.15, 0.2) is 17.6 Å². The molecule has 0 aromatic carbocycles. The zero-order chi connectivity index (χ0) is 14.1. The first kappa shape index (κ1) is 14.4. The minimum atomic E-state index is -3.61. The number of rotatable bonds is 4. The summed E-state index contributed by atoms with van der Waals surface area (Å²) in [5.74, 6) is 0. The first-order valence-electron chi connectivity index (χ1n) is 5.75. The third kappa shape index (κ3) is 3.53. The molecule has 2 rings (SSSR count). The van der Waals surface area contributed by atoms with Crippen molar-refractivity contribution in [2.45, 2.75) is 23.9 Å². The highest BCUT2D eigenvalue weighted by Gasteiger charge is 2.28. The van der Waals surface area contributed by atoms with Crippen molar-refractivity contribution < 1.29 is 16.8 Å². The Balaban J connectivity index is 1.97. The summed E-state index contributed by atoms with van der Waals surface area (Å²) in [5.41, 5.74) is 0. The van der Waals surface area contributed by atoms with Gasteiger partial charge in [-0.25, -0.2) is 30.8 Å². The van der Waals surface area contributed by atoms with Gasteiger partial charge in [0.05, 0.1) is 18.8 Å². The Morgan fingerprint density at radius 2 is 1.95 bits per heavy atom. The molecule has 0 atom stereocenters. The molecular weight excluding hydrogens is 292 g/mol. The number of nitrogens with one attached hydrogen (secondary N) is 2. The van der Waals surface area contributed by atoms with Crippen LogP contribution >= 0.6 is 0 Å². The molecule has 2 N–H and O–H groups in total. The highest BCUT2D eigenvalue weighted by molar-refractivity contribution is 7.89. The number of hydrogen-bond acceptors (Lipinski definition) is 5. The van der Waals surface area contributed by atoms with Crippen LogP contribution in [0.5, 0.6) is 0 Å². The molecule has 0 spiro atoms. The fourth-order valence-electron chi connectivity index (χ4n) is 1.98. The summed E-state index contributed by atoms with van der Waals surface area (Å²) in [6, 6.07) is -0.258. The maximum absolute atomic E-state index is 11.9. The molecule has 19 heavy (non-hydrogen) atoms. The predicted octanol–water partition coefficient (Wildman–Crippen LogP) is -0.888. The van der Waals surface area contributed by atoms with E-state index >= 15 is 0 Å². The molecule has 1 fully saturated rings. The zero-order valence-corrected chi connectivity index (χ0v) is 12.0. The third-order valence-electron chi connectivity index (χ3n) is 3.01. The number of hydrogen-bond donors (Lipinski definition) is 2. The maximum atomic E-state index is 11.9. The summed E-state index contributed by atoms with van der Waals surface area (Å²) in [6.45, 7) is 0.657. The van der Waals surface area contributed by atoms with Crippen LogP contribution in [0.4, 0.5) is 0 Å². The molecule has 1 aromatic rings. The van der Waals surface area contributed by atoms with E-state index < -0.39 is 20.0 Å². The van der Waals surface area contributed by atoms with Crippen molar-refractivity contribution in [3.63, 3.8) is 0 Å². The molecular formula is C9H16N4O4S2. The number of imidazole rings is 1. The molecule has 10 heteroatoms. The number of piperidine rings is 1. The second-order valence-electron chi connectivity index (χ2n) is 4.47. The van der Waals surface area contributed by atoms with Crippen LogP contribution in [-0.2, 0) is 20.0 Å². The van der Waals surface area contributed by atoms with E-state index in [4.69, 9.17) is 0 Å². The standard InChI is InChI=1S/C9H16N4O4S2/c1-18(14,15)13-4-2-8(3-5-13)12-19(16,17)9-6-10-7-11-9/h6-8,12H,2-5H2,1H3,(H,10,11). The summed E-state index contributed by atoms with van der Waals surface area (Å²) >= 11 is 0. The predicted molar refractivity (Wildman–Crippen MR) is 68.3 cm³/mol. The number of aromatic amines is 1. The molecule has 108 valence electrons. The SMILES string of the molecule is CS(=O)(=O)N1CCC(NS(=O)(=O)c2cnc[nH]2)CC1. The molecule has 1 aromatic heterocycles. The average molecular weight is 308 g/mol. The van der Waals surface area contributed by atoms with Gasteiger partial charge in [-0.3, -0.25) is 0 Å². The summed E-state index contributed by atoms with van der Waals surface area (Å²) in [6.07, 6.45) is 4.60. The Bertz CT molecular complexity index is 615. The quantitative estimate of drug-likeness (QED) is 0.749. The van der Waals surface area contributed by atoms with Gasteiger partial charge in [0.25, 0.3) is 10.0 Å². The van der Waals surface area contributed by atoms with Crippen LogP contribution in [0.25, 0.3) is 0 Å². The normalized spacial score (nSPS) is 19.6. The Morgan fingerprint density at radius 3 is 2.42 bits per heavy atom. The van der Waals surface area contributed by atoms with Gasteiger partial charge in [0.2, 0.25) is 10.0 Å². The largest absolute Gasteiger partial charge is 0.335 e. The van der Waals surface area contributed by atoms with Crippen molar-refractivity contribution in [2.75, 3.05) is 19.3 Å². The summed E-state index contributed by atoms with van der Waals surface area (Å²) in [5, 5.41) is 0.0121. The molecule has 0 unspecified atom stereocenters. The Hall–Kier alpha value is -0.970. The molecule has 8 nitrogen and oxygen atoms in total. The molecule has 0 amide bonds. The van der Waals surface area contributed by atoms with E-state index in [1.54, 1.807) is 0 Å². The van der Waals surface area contributed by atoms with Gasteiger partial charge in [-0.1, -0.05) is 0 Å². The van der Waals surface area contributed by atoms with Crippen molar-refractivity contribution in [3.8, 4) is 0 Å². The third-order valence-corrected chi connectivity index (χ3v) is 5.76. The van der Waals surface area contributed by atoms with E-state index in [0.717, 1.165) is 6.26 Å². The lowest BCUT2D eigenvalue weighted by Gasteiger charge is -2.30. The van der Waals surface area contributed by atoms with Crippen LogP contribution in [0.1, 0.15) is 12.8 Å². The zero-order valence-electron chi connectivity index (χ0n) is 10.4. The first-order valence-corrected chi connectivity index (χ1v) is 9.08. The van der Waals surface area contributed by atoms with Gasteiger partial charge in [-0.05, 0) is 12.8 Å². The highest BCUT2D eigenvalue weighted by atomic mass is 32.2. The van der Waals surface area contributed by atoms with Gasteiger partial charge in [-0.15, -0.1) is 0 Å². The van der Waals surface area contributed by atoms with E-state index in [1.165, 1.54) is 16.8 Å². The molecule has 1 aliphatic heterocycles. The molecule has 0 radical (unpaired) electrons. The minimum Gasteiger partial charge on any atom is -0.335 e. The van der Waals surface area contributed by atoms with E-state index in [2.05, 4.69) is 14.7 Å². The van der Waals surface area contributed by atoms with Crippen molar-refractivity contribution in [1.29, 1.82) is 0 Å². The van der Waals surface area contributed by atoms with E-state index in [-0.39, 0.29) is 11.1 Å². The Labute approximate surface area is 112 Å². The number of nitrogens with zero attached hydrogens (tertiary/aromatic N) is 2. The van der Waals surface area contributed by atoms with Gasteiger partial charge in [-0.2, -0.15) is 0 Å². The van der Waals surface area contributed by atoms with Crippen LogP contribution < -0.4 is 4.72 Å². The first-order chi connectivity index (χ1) is 8.79. The van der Waals surface area contributed by atoms with Crippen molar-refractivity contribution >= 4 is 20.0 Å². The lowest BCUT2D eigenvalue weighted by atomic mass is 10.1. The number of sulfonamides is 2. The summed E-state index contributed by atoms with van der Waals surface area (Å²) in [7, 11) is -6.80. The van der Waals surface area contributed by atoms with Gasteiger partial charge in [0.15, 0.2) is 5.03 Å². The number of H-pyrrole nitrogens is 1. The highest BCUT2D eigenvalue weighted by Crippen LogP contribution is 2.15. The van der Waals surface area contributed by atoms with Crippen LogP contribution in [0.2, 0.25) is 0 Å². The van der Waals surface area contributed by atoms with Crippen LogP contribution in [-0.4, -0.2) is 56.5 Å². The number of aromatic nitrogens is 2. The fourth-order valence-corrected chi connectivity index (χ4v) is 4.06. The maximum Gasteiger partial charge on any atom is 0.257 e. The molecule has 0 bridgehead atoms. The lowest BCUT2D eigenvalue weighted by molar-refractivity contribution is 0.310. The van der Waals surface area contributed by atoms with Crippen LogP contribution in [0.3, 0.4) is 0 Å². The molecule has 2 heterocycles. The van der Waals surface area contributed by atoms with Crippen molar-refractivity contribution in [3.05, 3.63) is 12.5 Å². The molecule has 0 aliphatic carbocycles. The molecule has 1 saturated heterocycles. The van der Waals surface area contributed by atoms with Gasteiger partial charge < -0.3 is 4.98 Å². The minimum absolute atomic E-state index is 0.0121. The average Bonchev–Trinajstić information content (AvgIpc) is 2.82. The summed E-state index contributed by atoms with van der Waals surface area (Å²) in [4.78, 5) is 6.20. The van der Waals surface area contributed by atoms with E-state index in [1.807, 2.05) is 0 Å². The Morgan fingerprint density at radius 1 is 1.32 bits per heavy atom. The van der Waals surface area contributed by atoms with Crippen LogP contribution in [0, 0.1) is 0 Å². The monoisotopic (exact) mass is 308 g/mol. The molecule has 1 aliphatic rings. The summed E-state index contributed by atoms with van der Waals surface area (Å²) < 4.78 is 50.4. The lowest BCUT2D eigenvalue weighted by Crippen LogP contribution is -2.46. The van der Waals surface area contributed by atoms with Gasteiger partial charge in [0.1, 0.15) is 0 Å².